The van der Waals surface area contributed by atoms with Gasteiger partial charge in [0, 0.05) is 25.3 Å². The molecule has 0 spiro atoms. The molecular weight excluding hydrogens is 242 g/mol. The maximum absolute atomic E-state index is 5.34. The highest BCUT2D eigenvalue weighted by Crippen LogP contribution is 2.23. The average molecular weight is 259 g/mol. The summed E-state index contributed by atoms with van der Waals surface area (Å²) in [4.78, 5) is 6.54. The van der Waals surface area contributed by atoms with Crippen molar-refractivity contribution in [2.45, 2.75) is 18.9 Å². The van der Waals surface area contributed by atoms with Crippen molar-refractivity contribution in [1.82, 2.24) is 10.1 Å². The lowest BCUT2D eigenvalue weighted by atomic mass is 10.1. The standard InChI is InChI=1S/C14H17N3O2/c1-17(12-5-3-2-4-6-12)9-13-15-14(16-19-13)11-7-8-18-10-11/h2-6,11H,7-10H2,1H3/t11-/m0/s1. The highest BCUT2D eigenvalue weighted by atomic mass is 16.5. The van der Waals surface area contributed by atoms with E-state index in [4.69, 9.17) is 9.26 Å². The van der Waals surface area contributed by atoms with E-state index >= 15 is 0 Å². The maximum Gasteiger partial charge on any atom is 0.246 e. The highest BCUT2D eigenvalue weighted by molar-refractivity contribution is 5.44. The molecule has 1 saturated heterocycles. The van der Waals surface area contributed by atoms with E-state index in [1.165, 1.54) is 0 Å². The molecule has 1 aromatic heterocycles. The monoisotopic (exact) mass is 259 g/mol. The molecule has 0 N–H and O–H groups in total. The van der Waals surface area contributed by atoms with Crippen LogP contribution in [-0.4, -0.2) is 30.4 Å². The largest absolute Gasteiger partial charge is 0.381 e. The van der Waals surface area contributed by atoms with Crippen LogP contribution in [0.15, 0.2) is 34.9 Å². The molecule has 0 unspecified atom stereocenters. The van der Waals surface area contributed by atoms with Crippen LogP contribution in [0.4, 0.5) is 5.69 Å². The van der Waals surface area contributed by atoms with Gasteiger partial charge in [0.15, 0.2) is 5.82 Å². The number of anilines is 1. The molecule has 0 radical (unpaired) electrons. The molecule has 1 aromatic carbocycles. The number of hydrogen-bond donors (Lipinski definition) is 0. The summed E-state index contributed by atoms with van der Waals surface area (Å²) in [7, 11) is 2.01. The zero-order valence-electron chi connectivity index (χ0n) is 11.0. The Labute approximate surface area is 112 Å². The van der Waals surface area contributed by atoms with Gasteiger partial charge in [-0.2, -0.15) is 4.98 Å². The fourth-order valence-electron chi connectivity index (χ4n) is 2.21. The summed E-state index contributed by atoms with van der Waals surface area (Å²) in [6.45, 7) is 2.11. The minimum Gasteiger partial charge on any atom is -0.381 e. The summed E-state index contributed by atoms with van der Waals surface area (Å²) in [6, 6.07) is 10.1. The van der Waals surface area contributed by atoms with Crippen molar-refractivity contribution in [1.29, 1.82) is 0 Å². The molecule has 1 fully saturated rings. The summed E-state index contributed by atoms with van der Waals surface area (Å²) in [6.07, 6.45) is 0.980. The Balaban J connectivity index is 1.66. The number of nitrogens with zero attached hydrogens (tertiary/aromatic N) is 3. The zero-order valence-corrected chi connectivity index (χ0v) is 11.0. The van der Waals surface area contributed by atoms with Crippen LogP contribution < -0.4 is 4.90 Å². The Bertz CT molecular complexity index is 520. The Morgan fingerprint density at radius 3 is 2.89 bits per heavy atom. The molecule has 1 aliphatic heterocycles. The van der Waals surface area contributed by atoms with E-state index in [2.05, 4.69) is 27.2 Å². The van der Waals surface area contributed by atoms with Crippen molar-refractivity contribution in [3.63, 3.8) is 0 Å². The van der Waals surface area contributed by atoms with E-state index in [9.17, 15) is 0 Å². The van der Waals surface area contributed by atoms with Crippen molar-refractivity contribution in [2.24, 2.45) is 0 Å². The molecule has 19 heavy (non-hydrogen) atoms. The molecule has 1 atom stereocenters. The minimum absolute atomic E-state index is 0.291. The molecule has 5 nitrogen and oxygen atoms in total. The van der Waals surface area contributed by atoms with Crippen molar-refractivity contribution < 1.29 is 9.26 Å². The molecule has 2 aromatic rings. The smallest absolute Gasteiger partial charge is 0.246 e. The summed E-state index contributed by atoms with van der Waals surface area (Å²) in [5.74, 6) is 1.71. The van der Waals surface area contributed by atoms with E-state index in [1.807, 2.05) is 25.2 Å². The first-order valence-corrected chi connectivity index (χ1v) is 6.49. The van der Waals surface area contributed by atoms with E-state index in [1.54, 1.807) is 0 Å². The molecule has 0 bridgehead atoms. The number of aromatic nitrogens is 2. The normalized spacial score (nSPS) is 18.7. The fourth-order valence-corrected chi connectivity index (χ4v) is 2.21. The molecule has 0 amide bonds. The summed E-state index contributed by atoms with van der Waals surface area (Å²) in [5, 5.41) is 4.05. The van der Waals surface area contributed by atoms with Crippen LogP contribution in [0.5, 0.6) is 0 Å². The van der Waals surface area contributed by atoms with E-state index < -0.39 is 0 Å². The lowest BCUT2D eigenvalue weighted by Crippen LogP contribution is -2.16. The Morgan fingerprint density at radius 2 is 2.16 bits per heavy atom. The van der Waals surface area contributed by atoms with E-state index in [-0.39, 0.29) is 0 Å². The van der Waals surface area contributed by atoms with Gasteiger partial charge in [0.1, 0.15) is 0 Å². The summed E-state index contributed by atoms with van der Waals surface area (Å²) < 4.78 is 10.6. The van der Waals surface area contributed by atoms with Gasteiger partial charge in [-0.1, -0.05) is 23.4 Å². The molecule has 1 aliphatic rings. The lowest BCUT2D eigenvalue weighted by molar-refractivity contribution is 0.192. The van der Waals surface area contributed by atoms with Gasteiger partial charge < -0.3 is 14.2 Å². The van der Waals surface area contributed by atoms with Crippen LogP contribution >= 0.6 is 0 Å². The molecule has 3 rings (SSSR count). The fraction of sp³-hybridized carbons (Fsp3) is 0.429. The third-order valence-electron chi connectivity index (χ3n) is 3.35. The van der Waals surface area contributed by atoms with Crippen LogP contribution in [0.1, 0.15) is 24.1 Å². The first kappa shape index (κ1) is 12.2. The number of hydrogen-bond acceptors (Lipinski definition) is 5. The third-order valence-corrected chi connectivity index (χ3v) is 3.35. The topological polar surface area (TPSA) is 51.4 Å². The second-order valence-corrected chi connectivity index (χ2v) is 4.80. The molecule has 0 aliphatic carbocycles. The summed E-state index contributed by atoms with van der Waals surface area (Å²) in [5.41, 5.74) is 1.13. The van der Waals surface area contributed by atoms with Gasteiger partial charge in [0.25, 0.3) is 0 Å². The van der Waals surface area contributed by atoms with Crippen LogP contribution in [-0.2, 0) is 11.3 Å². The van der Waals surface area contributed by atoms with E-state index in [0.29, 0.717) is 25.0 Å². The Morgan fingerprint density at radius 1 is 1.32 bits per heavy atom. The van der Waals surface area contributed by atoms with Crippen LogP contribution in [0, 0.1) is 0 Å². The van der Waals surface area contributed by atoms with Crippen molar-refractivity contribution in [3.05, 3.63) is 42.0 Å². The van der Waals surface area contributed by atoms with Crippen LogP contribution in [0.25, 0.3) is 0 Å². The van der Waals surface area contributed by atoms with Gasteiger partial charge in [0.2, 0.25) is 5.89 Å². The maximum atomic E-state index is 5.34. The zero-order chi connectivity index (χ0) is 13.1. The van der Waals surface area contributed by atoms with Crippen LogP contribution in [0.2, 0.25) is 0 Å². The molecular formula is C14H17N3O2. The minimum atomic E-state index is 0.291. The van der Waals surface area contributed by atoms with Crippen molar-refractivity contribution >= 4 is 5.69 Å². The molecule has 5 heteroatoms. The van der Waals surface area contributed by atoms with Gasteiger partial charge in [-0.15, -0.1) is 0 Å². The first-order chi connectivity index (χ1) is 9.33. The third kappa shape index (κ3) is 2.76. The molecule has 0 saturated carbocycles. The lowest BCUT2D eigenvalue weighted by Gasteiger charge is -2.16. The van der Waals surface area contributed by atoms with Gasteiger partial charge in [0.05, 0.1) is 13.2 Å². The second-order valence-electron chi connectivity index (χ2n) is 4.80. The predicted molar refractivity (Wildman–Crippen MR) is 71.0 cm³/mol. The quantitative estimate of drug-likeness (QED) is 0.842. The molecule has 100 valence electrons. The van der Waals surface area contributed by atoms with Crippen LogP contribution in [0.3, 0.4) is 0 Å². The highest BCUT2D eigenvalue weighted by Gasteiger charge is 2.23. The SMILES string of the molecule is CN(Cc1nc([C@H]2CCOC2)no1)c1ccccc1. The predicted octanol–water partition coefficient (Wildman–Crippen LogP) is 2.21. The van der Waals surface area contributed by atoms with Gasteiger partial charge in [-0.05, 0) is 18.6 Å². The Hall–Kier alpha value is -1.88. The second kappa shape index (κ2) is 5.40. The number of ether oxygens (including phenoxy) is 1. The summed E-state index contributed by atoms with van der Waals surface area (Å²) >= 11 is 0. The van der Waals surface area contributed by atoms with Crippen molar-refractivity contribution in [3.8, 4) is 0 Å². The number of benzene rings is 1. The van der Waals surface area contributed by atoms with Crippen molar-refractivity contribution in [2.75, 3.05) is 25.2 Å². The van der Waals surface area contributed by atoms with Gasteiger partial charge in [-0.3, -0.25) is 0 Å². The molecule has 2 heterocycles. The first-order valence-electron chi connectivity index (χ1n) is 6.49. The average Bonchev–Trinajstić information content (AvgIpc) is 3.10. The van der Waals surface area contributed by atoms with Gasteiger partial charge in [-0.25, -0.2) is 0 Å². The number of rotatable bonds is 4. The number of para-hydroxylation sites is 1. The van der Waals surface area contributed by atoms with Gasteiger partial charge >= 0.3 is 0 Å². The van der Waals surface area contributed by atoms with E-state index in [0.717, 1.165) is 24.5 Å². The Kier molecular flexibility index (Phi) is 3.46.